The van der Waals surface area contributed by atoms with Gasteiger partial charge in [0.2, 0.25) is 0 Å². The van der Waals surface area contributed by atoms with Crippen LogP contribution in [-0.4, -0.2) is 27.9 Å². The molecule has 0 amide bonds. The number of aromatic nitrogens is 3. The van der Waals surface area contributed by atoms with Crippen LogP contribution < -0.4 is 5.32 Å². The molecule has 0 aromatic carbocycles. The predicted molar refractivity (Wildman–Crippen MR) is 81.0 cm³/mol. The highest BCUT2D eigenvalue weighted by Crippen LogP contribution is 2.38. The van der Waals surface area contributed by atoms with Gasteiger partial charge < -0.3 is 9.88 Å². The van der Waals surface area contributed by atoms with E-state index in [-0.39, 0.29) is 5.41 Å². The largest absolute Gasteiger partial charge is 0.316 e. The van der Waals surface area contributed by atoms with Crippen LogP contribution >= 0.6 is 0 Å². The number of rotatable bonds is 3. The van der Waals surface area contributed by atoms with E-state index < -0.39 is 0 Å². The monoisotopic (exact) mass is 276 g/mol. The molecular weight excluding hydrogens is 248 g/mol. The first kappa shape index (κ1) is 14.1. The Morgan fingerprint density at radius 3 is 2.65 bits per heavy atom. The third-order valence-corrected chi connectivity index (χ3v) is 5.43. The molecule has 0 spiro atoms. The topological polar surface area (TPSA) is 42.7 Å². The number of piperidine rings is 1. The van der Waals surface area contributed by atoms with Gasteiger partial charge in [0, 0.05) is 18.0 Å². The van der Waals surface area contributed by atoms with Gasteiger partial charge in [-0.15, -0.1) is 10.2 Å². The van der Waals surface area contributed by atoms with Gasteiger partial charge in [-0.1, -0.05) is 26.2 Å². The molecule has 1 atom stereocenters. The Labute approximate surface area is 122 Å². The number of nitrogens with zero attached hydrogens (tertiary/aromatic N) is 3. The molecule has 1 saturated carbocycles. The summed E-state index contributed by atoms with van der Waals surface area (Å²) < 4.78 is 2.50. The normalized spacial score (nSPS) is 28.7. The summed E-state index contributed by atoms with van der Waals surface area (Å²) in [6, 6.07) is 0.638. The van der Waals surface area contributed by atoms with Crippen LogP contribution in [0.1, 0.15) is 76.0 Å². The van der Waals surface area contributed by atoms with Gasteiger partial charge in [-0.05, 0) is 45.6 Å². The molecule has 1 aromatic rings. The third kappa shape index (κ3) is 2.39. The lowest BCUT2D eigenvalue weighted by Crippen LogP contribution is -2.45. The van der Waals surface area contributed by atoms with Crippen LogP contribution in [0.2, 0.25) is 0 Å². The van der Waals surface area contributed by atoms with Crippen molar-refractivity contribution in [3.63, 3.8) is 0 Å². The fourth-order valence-electron chi connectivity index (χ4n) is 4.13. The molecule has 2 heterocycles. The van der Waals surface area contributed by atoms with E-state index in [1.165, 1.54) is 50.8 Å². The van der Waals surface area contributed by atoms with Crippen molar-refractivity contribution in [2.45, 2.75) is 76.7 Å². The van der Waals surface area contributed by atoms with Crippen molar-refractivity contribution in [1.82, 2.24) is 20.1 Å². The highest BCUT2D eigenvalue weighted by atomic mass is 15.3. The van der Waals surface area contributed by atoms with E-state index in [2.05, 4.69) is 33.9 Å². The second-order valence-corrected chi connectivity index (χ2v) is 6.65. The van der Waals surface area contributed by atoms with Crippen molar-refractivity contribution in [2.75, 3.05) is 13.1 Å². The molecule has 4 heteroatoms. The van der Waals surface area contributed by atoms with Crippen LogP contribution in [-0.2, 0) is 5.41 Å². The Morgan fingerprint density at radius 2 is 2.00 bits per heavy atom. The minimum atomic E-state index is 0.205. The van der Waals surface area contributed by atoms with Gasteiger partial charge in [0.25, 0.3) is 0 Å². The SMILES string of the molecule is CCC1(c2nnc(C)n2C2CCCCC2)CCCNC1. The molecule has 1 N–H and O–H groups in total. The van der Waals surface area contributed by atoms with Crippen molar-refractivity contribution in [2.24, 2.45) is 0 Å². The highest BCUT2D eigenvalue weighted by molar-refractivity contribution is 5.14. The van der Waals surface area contributed by atoms with Crippen LogP contribution in [0.15, 0.2) is 0 Å². The number of nitrogens with one attached hydrogen (secondary N) is 1. The van der Waals surface area contributed by atoms with Crippen molar-refractivity contribution in [3.05, 3.63) is 11.6 Å². The zero-order valence-electron chi connectivity index (χ0n) is 13.0. The van der Waals surface area contributed by atoms with Crippen LogP contribution in [0, 0.1) is 6.92 Å². The number of aryl methyl sites for hydroxylation is 1. The van der Waals surface area contributed by atoms with Gasteiger partial charge >= 0.3 is 0 Å². The van der Waals surface area contributed by atoms with Crippen LogP contribution in [0.25, 0.3) is 0 Å². The molecular formula is C16H28N4. The first-order valence-corrected chi connectivity index (χ1v) is 8.39. The Morgan fingerprint density at radius 1 is 1.20 bits per heavy atom. The van der Waals surface area contributed by atoms with Gasteiger partial charge in [0.15, 0.2) is 0 Å². The van der Waals surface area contributed by atoms with E-state index in [0.717, 1.165) is 25.3 Å². The first-order valence-electron chi connectivity index (χ1n) is 8.39. The van der Waals surface area contributed by atoms with Gasteiger partial charge in [-0.3, -0.25) is 0 Å². The summed E-state index contributed by atoms with van der Waals surface area (Å²) in [5, 5.41) is 12.7. The molecule has 1 aliphatic heterocycles. The number of hydrogen-bond acceptors (Lipinski definition) is 3. The van der Waals surface area contributed by atoms with Crippen LogP contribution in [0.4, 0.5) is 0 Å². The molecule has 0 radical (unpaired) electrons. The average Bonchev–Trinajstić information content (AvgIpc) is 2.91. The first-order chi connectivity index (χ1) is 9.77. The lowest BCUT2D eigenvalue weighted by atomic mass is 9.77. The van der Waals surface area contributed by atoms with Crippen molar-refractivity contribution in [1.29, 1.82) is 0 Å². The van der Waals surface area contributed by atoms with E-state index in [9.17, 15) is 0 Å². The second-order valence-electron chi connectivity index (χ2n) is 6.65. The Kier molecular flexibility index (Phi) is 4.11. The van der Waals surface area contributed by atoms with E-state index in [1.807, 2.05) is 0 Å². The quantitative estimate of drug-likeness (QED) is 0.922. The minimum Gasteiger partial charge on any atom is -0.316 e. The summed E-state index contributed by atoms with van der Waals surface area (Å²) in [4.78, 5) is 0. The standard InChI is InChI=1S/C16H28N4/c1-3-16(10-7-11-17-12-16)15-19-18-13(2)20(15)14-8-5-4-6-9-14/h14,17H,3-12H2,1-2H3. The lowest BCUT2D eigenvalue weighted by Gasteiger charge is -2.38. The molecule has 3 rings (SSSR count). The maximum absolute atomic E-state index is 4.63. The minimum absolute atomic E-state index is 0.205. The highest BCUT2D eigenvalue weighted by Gasteiger charge is 2.38. The molecule has 1 aliphatic carbocycles. The smallest absolute Gasteiger partial charge is 0.140 e. The van der Waals surface area contributed by atoms with E-state index in [1.54, 1.807) is 0 Å². The van der Waals surface area contributed by atoms with Crippen LogP contribution in [0.3, 0.4) is 0 Å². The lowest BCUT2D eigenvalue weighted by molar-refractivity contribution is 0.255. The van der Waals surface area contributed by atoms with E-state index >= 15 is 0 Å². The molecule has 1 saturated heterocycles. The summed E-state index contributed by atoms with van der Waals surface area (Å²) in [7, 11) is 0. The fraction of sp³-hybridized carbons (Fsp3) is 0.875. The zero-order valence-corrected chi connectivity index (χ0v) is 13.0. The summed E-state index contributed by atoms with van der Waals surface area (Å²) in [5.41, 5.74) is 0.205. The van der Waals surface area contributed by atoms with Gasteiger partial charge in [-0.25, -0.2) is 0 Å². The molecule has 2 aliphatic rings. The summed E-state index contributed by atoms with van der Waals surface area (Å²) in [6.45, 7) is 6.65. The molecule has 0 bridgehead atoms. The van der Waals surface area contributed by atoms with Crippen LogP contribution in [0.5, 0.6) is 0 Å². The molecule has 1 unspecified atom stereocenters. The predicted octanol–water partition coefficient (Wildman–Crippen LogP) is 3.12. The van der Waals surface area contributed by atoms with Gasteiger partial charge in [0.05, 0.1) is 0 Å². The fourth-order valence-corrected chi connectivity index (χ4v) is 4.13. The molecule has 2 fully saturated rings. The summed E-state index contributed by atoms with van der Waals surface area (Å²) >= 11 is 0. The third-order valence-electron chi connectivity index (χ3n) is 5.43. The zero-order chi connectivity index (χ0) is 14.0. The molecule has 112 valence electrons. The average molecular weight is 276 g/mol. The molecule has 1 aromatic heterocycles. The summed E-state index contributed by atoms with van der Waals surface area (Å²) in [6.07, 6.45) is 10.4. The Bertz CT molecular complexity index is 439. The summed E-state index contributed by atoms with van der Waals surface area (Å²) in [5.74, 6) is 2.38. The van der Waals surface area contributed by atoms with E-state index in [4.69, 9.17) is 0 Å². The molecule has 20 heavy (non-hydrogen) atoms. The second kappa shape index (κ2) is 5.84. The van der Waals surface area contributed by atoms with Crippen molar-refractivity contribution < 1.29 is 0 Å². The van der Waals surface area contributed by atoms with Gasteiger partial charge in [0.1, 0.15) is 11.6 Å². The van der Waals surface area contributed by atoms with Gasteiger partial charge in [-0.2, -0.15) is 0 Å². The maximum Gasteiger partial charge on any atom is 0.140 e. The van der Waals surface area contributed by atoms with Crippen molar-refractivity contribution in [3.8, 4) is 0 Å². The Balaban J connectivity index is 1.96. The molecule has 4 nitrogen and oxygen atoms in total. The van der Waals surface area contributed by atoms with Crippen molar-refractivity contribution >= 4 is 0 Å². The Hall–Kier alpha value is -0.900. The maximum atomic E-state index is 4.63. The number of hydrogen-bond donors (Lipinski definition) is 1. The van der Waals surface area contributed by atoms with E-state index in [0.29, 0.717) is 6.04 Å².